The second-order valence-corrected chi connectivity index (χ2v) is 3.43. The van der Waals surface area contributed by atoms with Gasteiger partial charge in [0.1, 0.15) is 6.33 Å². The zero-order chi connectivity index (χ0) is 12.8. The van der Waals surface area contributed by atoms with E-state index in [0.29, 0.717) is 0 Å². The van der Waals surface area contributed by atoms with E-state index in [1.54, 1.807) is 12.4 Å². The fraction of sp³-hybridized carbons (Fsp3) is 0.0909. The average Bonchev–Trinajstić information content (AvgIpc) is 3.03. The summed E-state index contributed by atoms with van der Waals surface area (Å²) in [7, 11) is 0. The smallest absolute Gasteiger partial charge is 0.296 e. The van der Waals surface area contributed by atoms with Crippen molar-refractivity contribution in [2.45, 2.75) is 6.92 Å². The van der Waals surface area contributed by atoms with Crippen LogP contribution < -0.4 is 5.76 Å². The predicted octanol–water partition coefficient (Wildman–Crippen LogP) is 1.14. The van der Waals surface area contributed by atoms with E-state index in [1.807, 2.05) is 25.1 Å². The van der Waals surface area contributed by atoms with Crippen LogP contribution in [0.15, 0.2) is 46.2 Å². The molecule has 3 heterocycles. The van der Waals surface area contributed by atoms with Gasteiger partial charge in [-0.15, -0.1) is 0 Å². The number of aromatic amines is 2. The standard InChI is InChI=1S/C9H9N3.C2H2N2O2/c1-7-6-9(12-11-7)8-2-4-10-5-3-8;5-2-3-1-4-6-2/h2-6H,1H3,(H,11,12);1H,(H,3,4,5). The van der Waals surface area contributed by atoms with Crippen molar-refractivity contribution in [2.75, 3.05) is 0 Å². The van der Waals surface area contributed by atoms with Crippen LogP contribution in [0.1, 0.15) is 5.69 Å². The lowest BCUT2D eigenvalue weighted by molar-refractivity contribution is 0.386. The van der Waals surface area contributed by atoms with Crippen LogP contribution >= 0.6 is 0 Å². The molecule has 0 saturated heterocycles. The Labute approximate surface area is 102 Å². The Morgan fingerprint density at radius 1 is 1.28 bits per heavy atom. The Kier molecular flexibility index (Phi) is 3.65. The van der Waals surface area contributed by atoms with Gasteiger partial charge in [0, 0.05) is 23.7 Å². The number of rotatable bonds is 1. The van der Waals surface area contributed by atoms with Crippen molar-refractivity contribution in [3.8, 4) is 11.3 Å². The highest BCUT2D eigenvalue weighted by Gasteiger charge is 1.99. The molecule has 3 aromatic heterocycles. The maximum absolute atomic E-state index is 9.78. The number of nitrogens with zero attached hydrogens (tertiary/aromatic N) is 3. The minimum absolute atomic E-state index is 0.519. The highest BCUT2D eigenvalue weighted by atomic mass is 16.5. The summed E-state index contributed by atoms with van der Waals surface area (Å²) in [5.74, 6) is -0.519. The maximum Gasteiger partial charge on any atom is 0.438 e. The molecule has 0 saturated carbocycles. The van der Waals surface area contributed by atoms with Crippen LogP contribution in [-0.4, -0.2) is 25.3 Å². The van der Waals surface area contributed by atoms with Crippen LogP contribution in [0, 0.1) is 6.92 Å². The number of pyridine rings is 1. The molecule has 18 heavy (non-hydrogen) atoms. The Morgan fingerprint density at radius 3 is 2.50 bits per heavy atom. The van der Waals surface area contributed by atoms with Gasteiger partial charge < -0.3 is 0 Å². The molecule has 3 rings (SSSR count). The third-order valence-electron chi connectivity index (χ3n) is 2.05. The van der Waals surface area contributed by atoms with E-state index in [-0.39, 0.29) is 0 Å². The van der Waals surface area contributed by atoms with Crippen molar-refractivity contribution >= 4 is 0 Å². The molecule has 0 unspecified atom stereocenters. The lowest BCUT2D eigenvalue weighted by Crippen LogP contribution is -1.92. The molecule has 0 radical (unpaired) electrons. The second kappa shape index (κ2) is 5.58. The average molecular weight is 245 g/mol. The molecule has 0 fully saturated rings. The first-order valence-electron chi connectivity index (χ1n) is 5.17. The number of hydrogen-bond donors (Lipinski definition) is 2. The summed E-state index contributed by atoms with van der Waals surface area (Å²) in [5.41, 5.74) is 3.13. The predicted molar refractivity (Wildman–Crippen MR) is 63.7 cm³/mol. The first-order valence-corrected chi connectivity index (χ1v) is 5.17. The van der Waals surface area contributed by atoms with Crippen LogP contribution in [0.25, 0.3) is 11.3 Å². The summed E-state index contributed by atoms with van der Waals surface area (Å²) in [5, 5.41) is 10.1. The monoisotopic (exact) mass is 245 g/mol. The molecule has 0 aliphatic rings. The number of nitrogens with one attached hydrogen (secondary N) is 2. The SMILES string of the molecule is Cc1cc(-c2ccncc2)n[nH]1.O=c1[nH]cno1. The second-order valence-electron chi connectivity index (χ2n) is 3.43. The molecular formula is C11H11N5O2. The first kappa shape index (κ1) is 11.8. The normalized spacial score (nSPS) is 9.61. The van der Waals surface area contributed by atoms with Gasteiger partial charge in [-0.3, -0.25) is 19.6 Å². The van der Waals surface area contributed by atoms with Gasteiger partial charge >= 0.3 is 5.76 Å². The maximum atomic E-state index is 9.78. The molecule has 7 heteroatoms. The van der Waals surface area contributed by atoms with Crippen molar-refractivity contribution in [3.63, 3.8) is 0 Å². The van der Waals surface area contributed by atoms with E-state index in [4.69, 9.17) is 0 Å². The van der Waals surface area contributed by atoms with E-state index < -0.39 is 5.76 Å². The van der Waals surface area contributed by atoms with Crippen LogP contribution in [0.5, 0.6) is 0 Å². The van der Waals surface area contributed by atoms with Crippen LogP contribution in [0.4, 0.5) is 0 Å². The minimum Gasteiger partial charge on any atom is -0.296 e. The molecule has 0 atom stereocenters. The summed E-state index contributed by atoms with van der Waals surface area (Å²) in [6.07, 6.45) is 4.71. The molecule has 0 bridgehead atoms. The van der Waals surface area contributed by atoms with Crippen LogP contribution in [0.3, 0.4) is 0 Å². The number of hydrogen-bond acceptors (Lipinski definition) is 5. The number of aromatic nitrogens is 5. The van der Waals surface area contributed by atoms with Crippen molar-refractivity contribution in [1.29, 1.82) is 0 Å². The third-order valence-corrected chi connectivity index (χ3v) is 2.05. The van der Waals surface area contributed by atoms with Gasteiger partial charge in [-0.05, 0) is 25.1 Å². The number of H-pyrrole nitrogens is 2. The molecule has 7 nitrogen and oxygen atoms in total. The lowest BCUT2D eigenvalue weighted by Gasteiger charge is -1.91. The molecule has 0 aliphatic heterocycles. The van der Waals surface area contributed by atoms with Gasteiger partial charge in [-0.2, -0.15) is 5.10 Å². The van der Waals surface area contributed by atoms with E-state index in [9.17, 15) is 4.79 Å². The van der Waals surface area contributed by atoms with Gasteiger partial charge in [0.2, 0.25) is 0 Å². The van der Waals surface area contributed by atoms with Crippen molar-refractivity contribution in [3.05, 3.63) is 53.2 Å². The molecule has 0 amide bonds. The molecule has 92 valence electrons. The Hall–Kier alpha value is -2.70. The molecule has 3 aromatic rings. The van der Waals surface area contributed by atoms with Gasteiger partial charge in [-0.25, -0.2) is 4.79 Å². The first-order chi connectivity index (χ1) is 8.75. The molecule has 2 N–H and O–H groups in total. The van der Waals surface area contributed by atoms with Crippen molar-refractivity contribution < 1.29 is 4.52 Å². The van der Waals surface area contributed by atoms with Gasteiger partial charge in [0.05, 0.1) is 5.69 Å². The summed E-state index contributed by atoms with van der Waals surface area (Å²) < 4.78 is 3.97. The summed E-state index contributed by atoms with van der Waals surface area (Å²) in [4.78, 5) is 15.9. The molecular weight excluding hydrogens is 234 g/mol. The highest BCUT2D eigenvalue weighted by Crippen LogP contribution is 2.15. The van der Waals surface area contributed by atoms with Gasteiger partial charge in [0.15, 0.2) is 0 Å². The summed E-state index contributed by atoms with van der Waals surface area (Å²) in [6, 6.07) is 5.89. The largest absolute Gasteiger partial charge is 0.438 e. The van der Waals surface area contributed by atoms with E-state index in [0.717, 1.165) is 17.0 Å². The highest BCUT2D eigenvalue weighted by molar-refractivity contribution is 5.57. The molecule has 0 spiro atoms. The quantitative estimate of drug-likeness (QED) is 0.669. The van der Waals surface area contributed by atoms with Gasteiger partial charge in [0.25, 0.3) is 0 Å². The molecule has 0 aliphatic carbocycles. The van der Waals surface area contributed by atoms with Crippen LogP contribution in [-0.2, 0) is 0 Å². The van der Waals surface area contributed by atoms with Crippen LogP contribution in [0.2, 0.25) is 0 Å². The van der Waals surface area contributed by atoms with E-state index in [2.05, 4.69) is 29.8 Å². The van der Waals surface area contributed by atoms with E-state index in [1.165, 1.54) is 6.33 Å². The van der Waals surface area contributed by atoms with Crippen molar-refractivity contribution in [2.24, 2.45) is 0 Å². The fourth-order valence-corrected chi connectivity index (χ4v) is 1.27. The Balaban J connectivity index is 0.000000169. The summed E-state index contributed by atoms with van der Waals surface area (Å²) >= 11 is 0. The van der Waals surface area contributed by atoms with Crippen molar-refractivity contribution in [1.82, 2.24) is 25.3 Å². The molecule has 0 aromatic carbocycles. The zero-order valence-corrected chi connectivity index (χ0v) is 9.62. The third kappa shape index (κ3) is 3.14. The Morgan fingerprint density at radius 2 is 2.06 bits per heavy atom. The summed E-state index contributed by atoms with van der Waals surface area (Å²) in [6.45, 7) is 1.98. The fourth-order valence-electron chi connectivity index (χ4n) is 1.27. The van der Waals surface area contributed by atoms with Gasteiger partial charge in [-0.1, -0.05) is 5.16 Å². The zero-order valence-electron chi connectivity index (χ0n) is 9.62. The lowest BCUT2D eigenvalue weighted by atomic mass is 10.2. The number of aryl methyl sites for hydroxylation is 1. The topological polar surface area (TPSA) is 100 Å². The minimum atomic E-state index is -0.519. The Bertz CT molecular complexity index is 624. The van der Waals surface area contributed by atoms with E-state index >= 15 is 0 Å².